The first kappa shape index (κ1) is 19.1. The second-order valence-corrected chi connectivity index (χ2v) is 7.66. The molecule has 1 heterocycles. The van der Waals surface area contributed by atoms with Crippen molar-refractivity contribution >= 4 is 0 Å². The molecule has 1 saturated heterocycles. The van der Waals surface area contributed by atoms with Crippen molar-refractivity contribution in [1.82, 2.24) is 10.2 Å². The summed E-state index contributed by atoms with van der Waals surface area (Å²) in [4.78, 5) is 2.69. The number of likely N-dealkylation sites (tertiary alicyclic amines) is 1. The van der Waals surface area contributed by atoms with Crippen molar-refractivity contribution in [2.75, 3.05) is 32.7 Å². The Hall–Kier alpha value is -1.64. The second-order valence-electron chi connectivity index (χ2n) is 7.66. The van der Waals surface area contributed by atoms with Crippen molar-refractivity contribution < 1.29 is 0 Å². The van der Waals surface area contributed by atoms with E-state index in [9.17, 15) is 0 Å². The molecule has 3 rings (SSSR count). The minimum Gasteiger partial charge on any atom is -0.316 e. The minimum absolute atomic E-state index is 0.693. The summed E-state index contributed by atoms with van der Waals surface area (Å²) in [6.07, 6.45) is 5.02. The first-order valence-electron chi connectivity index (χ1n) is 10.4. The molecule has 2 aromatic carbocycles. The van der Waals surface area contributed by atoms with Crippen LogP contribution in [-0.2, 0) is 6.42 Å². The van der Waals surface area contributed by atoms with Gasteiger partial charge in [0.25, 0.3) is 0 Å². The predicted molar refractivity (Wildman–Crippen MR) is 112 cm³/mol. The topological polar surface area (TPSA) is 15.3 Å². The van der Waals surface area contributed by atoms with E-state index < -0.39 is 0 Å². The highest BCUT2D eigenvalue weighted by atomic mass is 15.1. The number of benzene rings is 2. The highest BCUT2D eigenvalue weighted by molar-refractivity contribution is 5.21. The average Bonchev–Trinajstić information content (AvgIpc) is 2.71. The van der Waals surface area contributed by atoms with E-state index in [2.05, 4.69) is 77.8 Å². The van der Waals surface area contributed by atoms with Crippen molar-refractivity contribution in [3.05, 3.63) is 71.8 Å². The fourth-order valence-corrected chi connectivity index (χ4v) is 4.20. The van der Waals surface area contributed by atoms with E-state index >= 15 is 0 Å². The fourth-order valence-electron chi connectivity index (χ4n) is 4.20. The lowest BCUT2D eigenvalue weighted by Gasteiger charge is -2.39. The van der Waals surface area contributed by atoms with Crippen LogP contribution in [0, 0.1) is 5.92 Å². The molecule has 26 heavy (non-hydrogen) atoms. The number of unbranched alkanes of at least 4 members (excludes halogenated alkanes) is 1. The summed E-state index contributed by atoms with van der Waals surface area (Å²) in [6.45, 7) is 8.22. The van der Waals surface area contributed by atoms with Gasteiger partial charge in [0.2, 0.25) is 0 Å². The largest absolute Gasteiger partial charge is 0.316 e. The summed E-state index contributed by atoms with van der Waals surface area (Å²) in [7, 11) is 0. The van der Waals surface area contributed by atoms with E-state index in [0.29, 0.717) is 11.8 Å². The molecule has 2 unspecified atom stereocenters. The van der Waals surface area contributed by atoms with Crippen LogP contribution in [-0.4, -0.2) is 37.6 Å². The van der Waals surface area contributed by atoms with Crippen molar-refractivity contribution in [1.29, 1.82) is 0 Å². The molecule has 1 aliphatic rings. The fraction of sp³-hybridized carbons (Fsp3) is 0.500. The zero-order valence-corrected chi connectivity index (χ0v) is 16.2. The van der Waals surface area contributed by atoms with Crippen LogP contribution in [0.5, 0.6) is 0 Å². The van der Waals surface area contributed by atoms with Crippen LogP contribution in [0.15, 0.2) is 60.7 Å². The molecular weight excluding hydrogens is 316 g/mol. The normalized spacial score (nSPS) is 21.0. The Labute approximate surface area is 159 Å². The number of nitrogens with zero attached hydrogens (tertiary/aromatic N) is 1. The lowest BCUT2D eigenvalue weighted by Crippen LogP contribution is -2.44. The quantitative estimate of drug-likeness (QED) is 0.658. The molecule has 0 saturated carbocycles. The van der Waals surface area contributed by atoms with E-state index in [-0.39, 0.29) is 0 Å². The average molecular weight is 351 g/mol. The van der Waals surface area contributed by atoms with Gasteiger partial charge < -0.3 is 10.2 Å². The maximum Gasteiger partial charge on any atom is 0.00277 e. The Balaban J connectivity index is 1.55. The van der Waals surface area contributed by atoms with Gasteiger partial charge in [0, 0.05) is 6.54 Å². The Morgan fingerprint density at radius 2 is 1.73 bits per heavy atom. The lowest BCUT2D eigenvalue weighted by molar-refractivity contribution is 0.149. The molecule has 0 spiro atoms. The van der Waals surface area contributed by atoms with Crippen LogP contribution in [0.25, 0.3) is 0 Å². The Kier molecular flexibility index (Phi) is 7.72. The van der Waals surface area contributed by atoms with Crippen LogP contribution >= 0.6 is 0 Å². The third-order valence-electron chi connectivity index (χ3n) is 5.71. The first-order valence-corrected chi connectivity index (χ1v) is 10.4. The molecule has 0 amide bonds. The summed E-state index contributed by atoms with van der Waals surface area (Å²) in [5, 5.41) is 3.75. The zero-order valence-electron chi connectivity index (χ0n) is 16.2. The molecule has 2 nitrogen and oxygen atoms in total. The summed E-state index contributed by atoms with van der Waals surface area (Å²) in [5.74, 6) is 1.40. The Bertz CT molecular complexity index is 611. The summed E-state index contributed by atoms with van der Waals surface area (Å²) in [6, 6.07) is 22.0. The molecular formula is C24H34N2. The Morgan fingerprint density at radius 1 is 1.00 bits per heavy atom. The number of hydrogen-bond acceptors (Lipinski definition) is 2. The van der Waals surface area contributed by atoms with Crippen LogP contribution in [0.3, 0.4) is 0 Å². The summed E-state index contributed by atoms with van der Waals surface area (Å²) >= 11 is 0. The van der Waals surface area contributed by atoms with E-state index in [1.54, 1.807) is 0 Å². The van der Waals surface area contributed by atoms with E-state index in [4.69, 9.17) is 0 Å². The van der Waals surface area contributed by atoms with Crippen molar-refractivity contribution in [2.45, 2.75) is 38.5 Å². The van der Waals surface area contributed by atoms with Gasteiger partial charge in [-0.15, -0.1) is 0 Å². The molecule has 1 aliphatic heterocycles. The van der Waals surface area contributed by atoms with Gasteiger partial charge in [-0.2, -0.15) is 0 Å². The monoisotopic (exact) mass is 350 g/mol. The first-order chi connectivity index (χ1) is 12.9. The van der Waals surface area contributed by atoms with Gasteiger partial charge >= 0.3 is 0 Å². The molecule has 0 aromatic heterocycles. The number of hydrogen-bond donors (Lipinski definition) is 1. The molecule has 0 aliphatic carbocycles. The van der Waals surface area contributed by atoms with E-state index in [1.807, 2.05) is 0 Å². The van der Waals surface area contributed by atoms with Crippen LogP contribution in [0.4, 0.5) is 0 Å². The van der Waals surface area contributed by atoms with Gasteiger partial charge in [0.05, 0.1) is 0 Å². The number of nitrogens with one attached hydrogen (secondary N) is 1. The predicted octanol–water partition coefficient (Wildman–Crippen LogP) is 4.72. The standard InChI is InChI=1S/C24H34N2/c1-2-3-17-26-18-15-24(22-12-8-5-9-13-22)23(20-26)19-25-16-14-21-10-6-4-7-11-21/h4-13,23-25H,2-3,14-20H2,1H3. The smallest absolute Gasteiger partial charge is 0.00277 e. The summed E-state index contributed by atoms with van der Waals surface area (Å²) < 4.78 is 0. The van der Waals surface area contributed by atoms with Gasteiger partial charge in [-0.05, 0) is 68.4 Å². The number of rotatable bonds is 9. The van der Waals surface area contributed by atoms with Crippen LogP contribution < -0.4 is 5.32 Å². The molecule has 140 valence electrons. The van der Waals surface area contributed by atoms with Crippen molar-refractivity contribution in [3.63, 3.8) is 0 Å². The molecule has 0 bridgehead atoms. The molecule has 2 aromatic rings. The second kappa shape index (κ2) is 10.5. The maximum absolute atomic E-state index is 3.75. The highest BCUT2D eigenvalue weighted by Crippen LogP contribution is 2.32. The SMILES string of the molecule is CCCCN1CCC(c2ccccc2)C(CNCCc2ccccc2)C1. The minimum atomic E-state index is 0.693. The number of piperidine rings is 1. The van der Waals surface area contributed by atoms with Gasteiger partial charge in [-0.25, -0.2) is 0 Å². The van der Waals surface area contributed by atoms with Crippen LogP contribution in [0.2, 0.25) is 0 Å². The van der Waals surface area contributed by atoms with E-state index in [1.165, 1.54) is 50.0 Å². The van der Waals surface area contributed by atoms with Gasteiger partial charge in [-0.1, -0.05) is 74.0 Å². The van der Waals surface area contributed by atoms with Gasteiger partial charge in [-0.3, -0.25) is 0 Å². The third kappa shape index (κ3) is 5.69. The zero-order chi connectivity index (χ0) is 18.0. The van der Waals surface area contributed by atoms with Gasteiger partial charge in [0.15, 0.2) is 0 Å². The highest BCUT2D eigenvalue weighted by Gasteiger charge is 2.29. The maximum atomic E-state index is 3.75. The third-order valence-corrected chi connectivity index (χ3v) is 5.71. The van der Waals surface area contributed by atoms with Crippen molar-refractivity contribution in [3.8, 4) is 0 Å². The summed E-state index contributed by atoms with van der Waals surface area (Å²) in [5.41, 5.74) is 2.95. The molecule has 2 atom stereocenters. The molecule has 2 heteroatoms. The van der Waals surface area contributed by atoms with Crippen molar-refractivity contribution in [2.24, 2.45) is 5.92 Å². The molecule has 1 N–H and O–H groups in total. The van der Waals surface area contributed by atoms with Gasteiger partial charge in [0.1, 0.15) is 0 Å². The lowest BCUT2D eigenvalue weighted by atomic mass is 9.80. The molecule has 0 radical (unpaired) electrons. The molecule has 1 fully saturated rings. The van der Waals surface area contributed by atoms with Crippen LogP contribution in [0.1, 0.15) is 43.2 Å². The Morgan fingerprint density at radius 3 is 2.46 bits per heavy atom. The van der Waals surface area contributed by atoms with E-state index in [0.717, 1.165) is 19.5 Å².